The molecule has 3 rings (SSSR count). The predicted octanol–water partition coefficient (Wildman–Crippen LogP) is 3.83. The van der Waals surface area contributed by atoms with Crippen LogP contribution in [0.1, 0.15) is 41.8 Å². The van der Waals surface area contributed by atoms with Crippen LogP contribution in [0.3, 0.4) is 0 Å². The van der Waals surface area contributed by atoms with Gasteiger partial charge in [-0.1, -0.05) is 31.2 Å². The third kappa shape index (κ3) is 6.42. The van der Waals surface area contributed by atoms with Gasteiger partial charge in [0.05, 0.1) is 6.54 Å². The molecule has 0 spiro atoms. The van der Waals surface area contributed by atoms with Gasteiger partial charge < -0.3 is 10.6 Å². The first-order chi connectivity index (χ1) is 13.2. The highest BCUT2D eigenvalue weighted by Gasteiger charge is 2.20. The smallest absolute Gasteiger partial charge is 0.191 e. The van der Waals surface area contributed by atoms with Gasteiger partial charge in [0, 0.05) is 43.3 Å². The molecule has 0 radical (unpaired) electrons. The van der Waals surface area contributed by atoms with E-state index in [0.29, 0.717) is 12.6 Å². The molecule has 1 aromatic heterocycles. The van der Waals surface area contributed by atoms with E-state index in [1.54, 1.807) is 11.3 Å². The van der Waals surface area contributed by atoms with E-state index in [0.717, 1.165) is 50.0 Å². The Labute approximate surface area is 190 Å². The van der Waals surface area contributed by atoms with Crippen molar-refractivity contribution in [1.29, 1.82) is 0 Å². The van der Waals surface area contributed by atoms with E-state index in [-0.39, 0.29) is 24.0 Å². The van der Waals surface area contributed by atoms with E-state index < -0.39 is 0 Å². The molecule has 0 bridgehead atoms. The molecular formula is C21H32IN5S. The lowest BCUT2D eigenvalue weighted by atomic mass is 9.99. The van der Waals surface area contributed by atoms with E-state index in [2.05, 4.69) is 65.6 Å². The van der Waals surface area contributed by atoms with Crippen LogP contribution in [-0.2, 0) is 25.9 Å². The molecule has 2 N–H and O–H groups in total. The number of halogens is 1. The number of nitrogens with zero attached hydrogens (tertiary/aromatic N) is 3. The van der Waals surface area contributed by atoms with Crippen molar-refractivity contribution in [3.63, 3.8) is 0 Å². The van der Waals surface area contributed by atoms with Gasteiger partial charge in [-0.3, -0.25) is 4.90 Å². The second kappa shape index (κ2) is 11.7. The molecule has 154 valence electrons. The van der Waals surface area contributed by atoms with E-state index in [1.807, 2.05) is 6.20 Å². The molecule has 5 nitrogen and oxygen atoms in total. The number of aryl methyl sites for hydroxylation is 1. The summed E-state index contributed by atoms with van der Waals surface area (Å²) in [5.74, 6) is 0.870. The van der Waals surface area contributed by atoms with Crippen molar-refractivity contribution in [3.05, 3.63) is 51.5 Å². The number of hydrogen-bond donors (Lipinski definition) is 2. The monoisotopic (exact) mass is 513 g/mol. The second-order valence-electron chi connectivity index (χ2n) is 6.99. The first kappa shape index (κ1) is 23.1. The number of fused-ring (bicyclic) bond motifs is 1. The lowest BCUT2D eigenvalue weighted by Gasteiger charge is -2.34. The fourth-order valence-electron chi connectivity index (χ4n) is 3.34. The van der Waals surface area contributed by atoms with Gasteiger partial charge in [0.15, 0.2) is 5.96 Å². The van der Waals surface area contributed by atoms with Crippen molar-refractivity contribution in [2.75, 3.05) is 19.6 Å². The first-order valence-electron chi connectivity index (χ1n) is 9.96. The number of thiazole rings is 1. The number of nitrogens with one attached hydrogen (secondary N) is 2. The van der Waals surface area contributed by atoms with Gasteiger partial charge in [-0.15, -0.1) is 35.3 Å². The van der Waals surface area contributed by atoms with Crippen molar-refractivity contribution in [2.24, 2.45) is 4.99 Å². The van der Waals surface area contributed by atoms with Crippen LogP contribution in [0.4, 0.5) is 0 Å². The minimum atomic E-state index is 0. The Morgan fingerprint density at radius 2 is 2.04 bits per heavy atom. The van der Waals surface area contributed by atoms with Gasteiger partial charge in [-0.25, -0.2) is 9.98 Å². The van der Waals surface area contributed by atoms with Gasteiger partial charge >= 0.3 is 0 Å². The zero-order valence-corrected chi connectivity index (χ0v) is 20.2. The van der Waals surface area contributed by atoms with Crippen molar-refractivity contribution >= 4 is 41.3 Å². The summed E-state index contributed by atoms with van der Waals surface area (Å²) in [6.07, 6.45) is 4.14. The van der Waals surface area contributed by atoms with Crippen LogP contribution in [0, 0.1) is 0 Å². The third-order valence-electron chi connectivity index (χ3n) is 5.01. The fraction of sp³-hybridized carbons (Fsp3) is 0.524. The van der Waals surface area contributed by atoms with Gasteiger partial charge in [0.1, 0.15) is 5.01 Å². The van der Waals surface area contributed by atoms with E-state index in [1.165, 1.54) is 16.0 Å². The molecule has 0 aliphatic carbocycles. The predicted molar refractivity (Wildman–Crippen MR) is 130 cm³/mol. The van der Waals surface area contributed by atoms with Crippen molar-refractivity contribution in [2.45, 2.75) is 52.7 Å². The van der Waals surface area contributed by atoms with Crippen LogP contribution in [0.2, 0.25) is 0 Å². The number of aliphatic imine (C=N–C) groups is 1. The van der Waals surface area contributed by atoms with Gasteiger partial charge in [0.25, 0.3) is 0 Å². The summed E-state index contributed by atoms with van der Waals surface area (Å²) in [6.45, 7) is 11.1. The average molecular weight is 513 g/mol. The quantitative estimate of drug-likeness (QED) is 0.336. The highest BCUT2D eigenvalue weighted by molar-refractivity contribution is 14.0. The summed E-state index contributed by atoms with van der Waals surface area (Å²) >= 11 is 1.75. The summed E-state index contributed by atoms with van der Waals surface area (Å²) in [5, 5.41) is 7.93. The molecule has 1 aliphatic rings. The third-order valence-corrected chi connectivity index (χ3v) is 6.14. The number of rotatable bonds is 7. The Kier molecular flexibility index (Phi) is 9.67. The maximum Gasteiger partial charge on any atom is 0.191 e. The maximum absolute atomic E-state index is 4.71. The maximum atomic E-state index is 4.71. The molecule has 2 heterocycles. The minimum absolute atomic E-state index is 0. The highest BCUT2D eigenvalue weighted by Crippen LogP contribution is 2.20. The average Bonchev–Trinajstić information content (AvgIpc) is 3.17. The van der Waals surface area contributed by atoms with Crippen molar-refractivity contribution in [1.82, 2.24) is 20.5 Å². The van der Waals surface area contributed by atoms with Gasteiger partial charge in [0.2, 0.25) is 0 Å². The Balaban J connectivity index is 0.00000280. The normalized spacial score (nSPS) is 15.5. The number of benzene rings is 1. The topological polar surface area (TPSA) is 52.6 Å². The molecule has 28 heavy (non-hydrogen) atoms. The Bertz CT molecular complexity index is 761. The van der Waals surface area contributed by atoms with Gasteiger partial charge in [-0.05, 0) is 37.8 Å². The zero-order valence-electron chi connectivity index (χ0n) is 17.1. The van der Waals surface area contributed by atoms with Crippen LogP contribution < -0.4 is 10.6 Å². The Morgan fingerprint density at radius 1 is 1.25 bits per heavy atom. The highest BCUT2D eigenvalue weighted by atomic mass is 127. The fourth-order valence-corrected chi connectivity index (χ4v) is 4.13. The lowest BCUT2D eigenvalue weighted by Crippen LogP contribution is -2.47. The van der Waals surface area contributed by atoms with Crippen LogP contribution >= 0.6 is 35.3 Å². The molecule has 0 fully saturated rings. The minimum Gasteiger partial charge on any atom is -0.357 e. The first-order valence-corrected chi connectivity index (χ1v) is 10.8. The van der Waals surface area contributed by atoms with Crippen LogP contribution in [0.25, 0.3) is 0 Å². The molecule has 0 amide bonds. The number of hydrogen-bond acceptors (Lipinski definition) is 4. The zero-order chi connectivity index (χ0) is 19.1. The molecule has 1 atom stereocenters. The van der Waals surface area contributed by atoms with Crippen LogP contribution in [0.5, 0.6) is 0 Å². The van der Waals surface area contributed by atoms with Crippen LogP contribution in [0.15, 0.2) is 35.5 Å². The van der Waals surface area contributed by atoms with E-state index >= 15 is 0 Å². The largest absolute Gasteiger partial charge is 0.357 e. The SMILES string of the molecule is CCNC(=NCc1ncc(CC)s1)NCC(C)N1CCc2ccccc2C1.I. The van der Waals surface area contributed by atoms with E-state index in [4.69, 9.17) is 4.99 Å². The second-order valence-corrected chi connectivity index (χ2v) is 8.19. The Morgan fingerprint density at radius 3 is 2.75 bits per heavy atom. The van der Waals surface area contributed by atoms with Crippen molar-refractivity contribution in [3.8, 4) is 0 Å². The summed E-state index contributed by atoms with van der Waals surface area (Å²) < 4.78 is 0. The molecule has 0 saturated carbocycles. The summed E-state index contributed by atoms with van der Waals surface area (Å²) in [7, 11) is 0. The summed E-state index contributed by atoms with van der Waals surface area (Å²) in [5.41, 5.74) is 2.96. The van der Waals surface area contributed by atoms with Gasteiger partial charge in [-0.2, -0.15) is 0 Å². The molecule has 2 aromatic rings. The molecule has 7 heteroatoms. The summed E-state index contributed by atoms with van der Waals surface area (Å²) in [6, 6.07) is 9.25. The molecular weight excluding hydrogens is 481 g/mol. The van der Waals surface area contributed by atoms with Crippen LogP contribution in [-0.4, -0.2) is 41.5 Å². The summed E-state index contributed by atoms with van der Waals surface area (Å²) in [4.78, 5) is 13.0. The molecule has 1 aromatic carbocycles. The lowest BCUT2D eigenvalue weighted by molar-refractivity contribution is 0.191. The van der Waals surface area contributed by atoms with Crippen molar-refractivity contribution < 1.29 is 0 Å². The number of aromatic nitrogens is 1. The number of guanidine groups is 1. The van der Waals surface area contributed by atoms with E-state index in [9.17, 15) is 0 Å². The molecule has 1 unspecified atom stereocenters. The Hall–Kier alpha value is -1.19. The standard InChI is InChI=1S/C21H31N5S.HI/c1-4-19-13-23-20(27-19)14-25-21(22-5-2)24-12-16(3)26-11-10-17-8-6-7-9-18(17)15-26;/h6-9,13,16H,4-5,10-12,14-15H2,1-3H3,(H2,22,24,25);1H. The molecule has 1 aliphatic heterocycles. The molecule has 0 saturated heterocycles.